The Labute approximate surface area is 250 Å². The molecule has 3 aromatic heterocycles. The highest BCUT2D eigenvalue weighted by atomic mass is 31.2. The first-order valence-electron chi connectivity index (χ1n) is 13.8. The summed E-state index contributed by atoms with van der Waals surface area (Å²) in [5, 5.41) is 7.54. The molecular formula is C29H30F3N8O3P. The number of fused-ring (bicyclic) bond motifs is 2. The van der Waals surface area contributed by atoms with Gasteiger partial charge in [-0.25, -0.2) is 0 Å². The molecule has 1 aliphatic heterocycles. The lowest BCUT2D eigenvalue weighted by Gasteiger charge is -2.31. The van der Waals surface area contributed by atoms with E-state index in [-0.39, 0.29) is 17.4 Å². The predicted octanol–water partition coefficient (Wildman–Crippen LogP) is 5.72. The number of aryl methyl sites for hydroxylation is 1. The molecule has 1 aliphatic rings. The van der Waals surface area contributed by atoms with Gasteiger partial charge in [0.1, 0.15) is 29.9 Å². The maximum absolute atomic E-state index is 13.4. The second-order valence-corrected chi connectivity index (χ2v) is 13.9. The largest absolute Gasteiger partial charge is 0.482 e. The first-order valence-corrected chi connectivity index (χ1v) is 16.4. The van der Waals surface area contributed by atoms with Crippen molar-refractivity contribution in [3.05, 3.63) is 54.5 Å². The molecule has 44 heavy (non-hydrogen) atoms. The Morgan fingerprint density at radius 3 is 2.57 bits per heavy atom. The minimum Gasteiger partial charge on any atom is -0.482 e. The zero-order chi connectivity index (χ0) is 31.1. The molecule has 5 aromatic rings. The Bertz CT molecular complexity index is 1890. The number of aromatic nitrogens is 5. The van der Waals surface area contributed by atoms with Crippen LogP contribution in [0.25, 0.3) is 22.1 Å². The molecule has 11 nitrogen and oxygen atoms in total. The second-order valence-electron chi connectivity index (χ2n) is 10.8. The van der Waals surface area contributed by atoms with E-state index >= 15 is 0 Å². The number of morpholine rings is 1. The van der Waals surface area contributed by atoms with Gasteiger partial charge in [0.05, 0.1) is 40.8 Å². The molecule has 4 heterocycles. The Morgan fingerprint density at radius 2 is 1.82 bits per heavy atom. The van der Waals surface area contributed by atoms with Crippen LogP contribution in [-0.2, 0) is 9.30 Å². The van der Waals surface area contributed by atoms with Crippen LogP contribution in [0.5, 0.6) is 5.75 Å². The fourth-order valence-corrected chi connectivity index (χ4v) is 6.60. The van der Waals surface area contributed by atoms with Gasteiger partial charge >= 0.3 is 6.18 Å². The lowest BCUT2D eigenvalue weighted by Crippen LogP contribution is -2.36. The topological polar surface area (TPSA) is 130 Å². The van der Waals surface area contributed by atoms with Crippen LogP contribution in [0, 0.1) is 6.92 Å². The Balaban J connectivity index is 1.40. The average Bonchev–Trinajstić information content (AvgIpc) is 3.45. The van der Waals surface area contributed by atoms with Crippen molar-refractivity contribution in [3.8, 4) is 5.75 Å². The van der Waals surface area contributed by atoms with E-state index in [1.807, 2.05) is 6.92 Å². The molecule has 15 heteroatoms. The average molecular weight is 627 g/mol. The third-order valence-corrected chi connectivity index (χ3v) is 8.64. The summed E-state index contributed by atoms with van der Waals surface area (Å²) in [4.78, 5) is 23.1. The van der Waals surface area contributed by atoms with Crippen molar-refractivity contribution in [1.29, 1.82) is 0 Å². The Morgan fingerprint density at radius 1 is 1.05 bits per heavy atom. The summed E-state index contributed by atoms with van der Waals surface area (Å²) in [6.07, 6.45) is 0.291. The molecule has 0 spiro atoms. The molecule has 0 amide bonds. The summed E-state index contributed by atoms with van der Waals surface area (Å²) < 4.78 is 63.8. The number of ether oxygens (including phenoxy) is 2. The molecule has 0 bridgehead atoms. The number of nitrogens with zero attached hydrogens (tertiary/aromatic N) is 5. The number of hydrogen-bond acceptors (Lipinski definition) is 10. The quantitative estimate of drug-likeness (QED) is 0.184. The molecule has 0 unspecified atom stereocenters. The summed E-state index contributed by atoms with van der Waals surface area (Å²) in [5.74, 6) is 0.500. The first kappa shape index (κ1) is 29.6. The molecule has 0 aliphatic carbocycles. The molecule has 6 rings (SSSR count). The van der Waals surface area contributed by atoms with Gasteiger partial charge in [-0.2, -0.15) is 23.1 Å². The molecule has 1 fully saturated rings. The number of aromatic amines is 1. The van der Waals surface area contributed by atoms with E-state index in [2.05, 4.69) is 40.5 Å². The van der Waals surface area contributed by atoms with E-state index < -0.39 is 19.9 Å². The highest BCUT2D eigenvalue weighted by Crippen LogP contribution is 2.42. The Hall–Kier alpha value is -4.42. The van der Waals surface area contributed by atoms with Gasteiger partial charge in [0, 0.05) is 43.4 Å². The van der Waals surface area contributed by atoms with E-state index in [1.165, 1.54) is 0 Å². The standard InChI is InChI=1S/C29H30F3N8O3P/c1-17-14-21(23(43-16-29(30,31)32)15-22(17)40-10-12-42-13-11-40)37-28-38-26-18(6-7-35-26)27(39-28)36-20-5-4-19-24(34-9-8-33-19)25(20)44(2,3)41/h4-9,14-15H,10-13,16H2,1-3H3,(H3,35,36,37,38,39). The van der Waals surface area contributed by atoms with E-state index in [9.17, 15) is 17.7 Å². The van der Waals surface area contributed by atoms with Crippen molar-refractivity contribution in [2.45, 2.75) is 13.1 Å². The predicted molar refractivity (Wildman–Crippen MR) is 165 cm³/mol. The molecule has 2 aromatic carbocycles. The lowest BCUT2D eigenvalue weighted by molar-refractivity contribution is -0.153. The van der Waals surface area contributed by atoms with E-state index in [4.69, 9.17) is 9.47 Å². The van der Waals surface area contributed by atoms with Crippen LogP contribution in [0.1, 0.15) is 5.56 Å². The van der Waals surface area contributed by atoms with Gasteiger partial charge in [-0.05, 0) is 50.1 Å². The maximum atomic E-state index is 13.4. The van der Waals surface area contributed by atoms with Crippen molar-refractivity contribution in [2.75, 3.05) is 61.8 Å². The lowest BCUT2D eigenvalue weighted by atomic mass is 10.1. The van der Waals surface area contributed by atoms with Gasteiger partial charge in [0.2, 0.25) is 5.95 Å². The number of alkyl halides is 3. The van der Waals surface area contributed by atoms with Crippen molar-refractivity contribution in [1.82, 2.24) is 24.9 Å². The first-order chi connectivity index (χ1) is 21.0. The summed E-state index contributed by atoms with van der Waals surface area (Å²) in [6, 6.07) is 8.66. The number of nitrogens with one attached hydrogen (secondary N) is 3. The van der Waals surface area contributed by atoms with Crippen molar-refractivity contribution < 1.29 is 27.2 Å². The van der Waals surface area contributed by atoms with E-state index in [0.717, 1.165) is 11.3 Å². The van der Waals surface area contributed by atoms with Gasteiger partial charge < -0.3 is 34.6 Å². The van der Waals surface area contributed by atoms with Crippen LogP contribution < -0.4 is 25.6 Å². The third-order valence-electron chi connectivity index (χ3n) is 7.11. The fourth-order valence-electron chi connectivity index (χ4n) is 5.21. The van der Waals surface area contributed by atoms with Crippen LogP contribution in [0.3, 0.4) is 0 Å². The van der Waals surface area contributed by atoms with Gasteiger partial charge in [-0.15, -0.1) is 0 Å². The SMILES string of the molecule is Cc1cc(Nc2nc(Nc3ccc4nccnc4c3P(C)(C)=O)c3cc[nH]c3n2)c(OCC(F)(F)F)cc1N1CCOCC1. The normalized spacial score (nSPS) is 14.3. The molecule has 0 saturated carbocycles. The number of rotatable bonds is 8. The van der Waals surface area contributed by atoms with E-state index in [0.29, 0.717) is 65.2 Å². The number of benzene rings is 2. The summed E-state index contributed by atoms with van der Waals surface area (Å²) in [5.41, 5.74) is 4.00. The molecular weight excluding hydrogens is 596 g/mol. The Kier molecular flexibility index (Phi) is 7.80. The zero-order valence-electron chi connectivity index (χ0n) is 24.2. The number of H-pyrrole nitrogens is 1. The molecule has 0 radical (unpaired) electrons. The van der Waals surface area contributed by atoms with Gasteiger partial charge in [-0.1, -0.05) is 0 Å². The van der Waals surface area contributed by atoms with E-state index in [1.54, 1.807) is 62.3 Å². The van der Waals surface area contributed by atoms with Gasteiger partial charge in [0.15, 0.2) is 6.61 Å². The monoisotopic (exact) mass is 626 g/mol. The maximum Gasteiger partial charge on any atom is 0.422 e. The van der Waals surface area contributed by atoms with Crippen molar-refractivity contribution in [2.24, 2.45) is 0 Å². The number of hydrogen-bond donors (Lipinski definition) is 3. The zero-order valence-corrected chi connectivity index (χ0v) is 25.1. The van der Waals surface area contributed by atoms with Crippen LogP contribution in [-0.4, -0.2) is 77.3 Å². The van der Waals surface area contributed by atoms with Crippen LogP contribution in [0.15, 0.2) is 48.9 Å². The summed E-state index contributed by atoms with van der Waals surface area (Å²) in [7, 11) is -2.85. The minimum absolute atomic E-state index is 0.00685. The molecule has 3 N–H and O–H groups in total. The van der Waals surface area contributed by atoms with Crippen LogP contribution >= 0.6 is 7.14 Å². The highest BCUT2D eigenvalue weighted by molar-refractivity contribution is 7.71. The van der Waals surface area contributed by atoms with Gasteiger partial charge in [-0.3, -0.25) is 9.97 Å². The number of halogens is 3. The molecule has 230 valence electrons. The van der Waals surface area contributed by atoms with Crippen LogP contribution in [0.4, 0.5) is 42.0 Å². The smallest absolute Gasteiger partial charge is 0.422 e. The minimum atomic E-state index is -4.53. The molecule has 0 atom stereocenters. The highest BCUT2D eigenvalue weighted by Gasteiger charge is 2.30. The van der Waals surface area contributed by atoms with Gasteiger partial charge in [0.25, 0.3) is 0 Å². The van der Waals surface area contributed by atoms with Crippen LogP contribution in [0.2, 0.25) is 0 Å². The third kappa shape index (κ3) is 6.27. The van der Waals surface area contributed by atoms with Crippen molar-refractivity contribution in [3.63, 3.8) is 0 Å². The second kappa shape index (κ2) is 11.6. The summed E-state index contributed by atoms with van der Waals surface area (Å²) >= 11 is 0. The number of anilines is 5. The fraction of sp³-hybridized carbons (Fsp3) is 0.310. The van der Waals surface area contributed by atoms with Crippen molar-refractivity contribution >= 4 is 63.3 Å². The summed E-state index contributed by atoms with van der Waals surface area (Å²) in [6.45, 7) is 6.00. The molecule has 1 saturated heterocycles.